The molecule has 3 rings (SSSR count). The fraction of sp³-hybridized carbons (Fsp3) is 0.417. The lowest BCUT2D eigenvalue weighted by molar-refractivity contribution is 0.324. The number of ether oxygens (including phenoxy) is 1. The third-order valence-electron chi connectivity index (χ3n) is 2.92. The molecule has 0 saturated carbocycles. The summed E-state index contributed by atoms with van der Waals surface area (Å²) >= 11 is 0. The van der Waals surface area contributed by atoms with E-state index in [1.807, 2.05) is 12.1 Å². The molecule has 78 valence electrons. The SMILES string of the molecule is c1ccc2c(c1)OCC2NC1=NCCC1. The first-order valence-corrected chi connectivity index (χ1v) is 5.45. The van der Waals surface area contributed by atoms with Crippen LogP contribution in [0.3, 0.4) is 0 Å². The second-order valence-electron chi connectivity index (χ2n) is 3.98. The van der Waals surface area contributed by atoms with Crippen molar-refractivity contribution in [3.05, 3.63) is 29.8 Å². The van der Waals surface area contributed by atoms with Gasteiger partial charge < -0.3 is 10.1 Å². The molecule has 0 spiro atoms. The summed E-state index contributed by atoms with van der Waals surface area (Å²) in [5, 5.41) is 3.46. The van der Waals surface area contributed by atoms with Crippen LogP contribution >= 0.6 is 0 Å². The van der Waals surface area contributed by atoms with E-state index in [0.717, 1.165) is 31.2 Å². The minimum atomic E-state index is 0.290. The van der Waals surface area contributed by atoms with Crippen LogP contribution in [0, 0.1) is 0 Å². The average molecular weight is 202 g/mol. The summed E-state index contributed by atoms with van der Waals surface area (Å²) in [6.45, 7) is 1.69. The van der Waals surface area contributed by atoms with Gasteiger partial charge in [0.05, 0.1) is 11.9 Å². The van der Waals surface area contributed by atoms with Crippen molar-refractivity contribution in [3.63, 3.8) is 0 Å². The number of hydrogen-bond donors (Lipinski definition) is 1. The molecule has 2 aliphatic heterocycles. The number of para-hydroxylation sites is 1. The maximum Gasteiger partial charge on any atom is 0.124 e. The Bertz CT molecular complexity index is 400. The number of nitrogens with one attached hydrogen (secondary N) is 1. The summed E-state index contributed by atoms with van der Waals surface area (Å²) in [5.74, 6) is 2.15. The second kappa shape index (κ2) is 3.57. The molecule has 1 atom stereocenters. The molecule has 0 amide bonds. The smallest absolute Gasteiger partial charge is 0.124 e. The maximum atomic E-state index is 5.60. The lowest BCUT2D eigenvalue weighted by atomic mass is 10.1. The van der Waals surface area contributed by atoms with Gasteiger partial charge in [0, 0.05) is 18.5 Å². The highest BCUT2D eigenvalue weighted by molar-refractivity contribution is 5.84. The zero-order chi connectivity index (χ0) is 10.1. The lowest BCUT2D eigenvalue weighted by Gasteiger charge is -2.12. The van der Waals surface area contributed by atoms with Crippen molar-refractivity contribution < 1.29 is 4.74 Å². The molecule has 0 aromatic heterocycles. The van der Waals surface area contributed by atoms with Crippen molar-refractivity contribution in [2.45, 2.75) is 18.9 Å². The van der Waals surface area contributed by atoms with Gasteiger partial charge in [0.2, 0.25) is 0 Å². The van der Waals surface area contributed by atoms with Crippen LogP contribution in [0.1, 0.15) is 24.4 Å². The number of benzene rings is 1. The highest BCUT2D eigenvalue weighted by Crippen LogP contribution is 2.31. The number of nitrogens with zero attached hydrogens (tertiary/aromatic N) is 1. The van der Waals surface area contributed by atoms with Crippen LogP contribution in [-0.2, 0) is 0 Å². The predicted octanol–water partition coefficient (Wildman–Crippen LogP) is 1.90. The summed E-state index contributed by atoms with van der Waals surface area (Å²) in [4.78, 5) is 4.42. The molecule has 3 nitrogen and oxygen atoms in total. The Morgan fingerprint density at radius 2 is 2.27 bits per heavy atom. The number of hydrogen-bond acceptors (Lipinski definition) is 3. The highest BCUT2D eigenvalue weighted by atomic mass is 16.5. The van der Waals surface area contributed by atoms with E-state index in [1.165, 1.54) is 12.0 Å². The molecule has 0 fully saturated rings. The standard InChI is InChI=1S/C12H14N2O/c1-2-5-11-9(4-1)10(8-15-11)14-12-6-3-7-13-12/h1-2,4-5,10H,3,6-8H2,(H,13,14). The van der Waals surface area contributed by atoms with Crippen molar-refractivity contribution in [1.82, 2.24) is 5.32 Å². The third-order valence-corrected chi connectivity index (χ3v) is 2.92. The Morgan fingerprint density at radius 1 is 1.33 bits per heavy atom. The quantitative estimate of drug-likeness (QED) is 0.754. The van der Waals surface area contributed by atoms with E-state index in [0.29, 0.717) is 0 Å². The van der Waals surface area contributed by atoms with Gasteiger partial charge in [0.15, 0.2) is 0 Å². The van der Waals surface area contributed by atoms with Gasteiger partial charge in [0.1, 0.15) is 12.4 Å². The largest absolute Gasteiger partial charge is 0.491 e. The number of rotatable bonds is 1. The average Bonchev–Trinajstić information content (AvgIpc) is 2.89. The van der Waals surface area contributed by atoms with Crippen LogP contribution < -0.4 is 10.1 Å². The Hall–Kier alpha value is -1.51. The molecule has 0 saturated heterocycles. The number of fused-ring (bicyclic) bond motifs is 1. The third kappa shape index (κ3) is 1.58. The Kier molecular flexibility index (Phi) is 2.09. The summed E-state index contributed by atoms with van der Waals surface area (Å²) in [5.41, 5.74) is 1.26. The first-order valence-electron chi connectivity index (χ1n) is 5.45. The minimum Gasteiger partial charge on any atom is -0.491 e. The van der Waals surface area contributed by atoms with E-state index >= 15 is 0 Å². The van der Waals surface area contributed by atoms with Crippen LogP contribution in [0.2, 0.25) is 0 Å². The van der Waals surface area contributed by atoms with E-state index in [2.05, 4.69) is 22.4 Å². The molecule has 2 aliphatic rings. The second-order valence-corrected chi connectivity index (χ2v) is 3.98. The Balaban J connectivity index is 1.79. The van der Waals surface area contributed by atoms with E-state index in [1.54, 1.807) is 0 Å². The highest BCUT2D eigenvalue weighted by Gasteiger charge is 2.24. The van der Waals surface area contributed by atoms with Crippen LogP contribution in [-0.4, -0.2) is 19.0 Å². The van der Waals surface area contributed by atoms with Crippen molar-refractivity contribution in [1.29, 1.82) is 0 Å². The minimum absolute atomic E-state index is 0.290. The molecule has 1 N–H and O–H groups in total. The fourth-order valence-electron chi connectivity index (χ4n) is 2.14. The summed E-state index contributed by atoms with van der Waals surface area (Å²) < 4.78 is 5.60. The van der Waals surface area contributed by atoms with Gasteiger partial charge in [-0.3, -0.25) is 4.99 Å². The fourth-order valence-corrected chi connectivity index (χ4v) is 2.14. The molecular formula is C12H14N2O. The zero-order valence-corrected chi connectivity index (χ0v) is 8.57. The molecule has 0 bridgehead atoms. The van der Waals surface area contributed by atoms with Crippen LogP contribution in [0.25, 0.3) is 0 Å². The molecule has 1 aromatic rings. The molecule has 1 aromatic carbocycles. The summed E-state index contributed by atoms with van der Waals surface area (Å²) in [6, 6.07) is 8.49. The van der Waals surface area contributed by atoms with Gasteiger partial charge in [0.25, 0.3) is 0 Å². The number of aliphatic imine (C=N–C) groups is 1. The van der Waals surface area contributed by atoms with Gasteiger partial charge in [-0.05, 0) is 12.5 Å². The van der Waals surface area contributed by atoms with Crippen molar-refractivity contribution in [3.8, 4) is 5.75 Å². The Labute approximate surface area is 89.2 Å². The van der Waals surface area contributed by atoms with Crippen LogP contribution in [0.4, 0.5) is 0 Å². The molecule has 3 heteroatoms. The van der Waals surface area contributed by atoms with E-state index in [4.69, 9.17) is 4.74 Å². The van der Waals surface area contributed by atoms with Gasteiger partial charge in [-0.15, -0.1) is 0 Å². The molecule has 0 radical (unpaired) electrons. The summed E-state index contributed by atoms with van der Waals surface area (Å²) in [6.07, 6.45) is 2.26. The van der Waals surface area contributed by atoms with Crippen molar-refractivity contribution in [2.24, 2.45) is 4.99 Å². The van der Waals surface area contributed by atoms with Gasteiger partial charge in [-0.1, -0.05) is 18.2 Å². The maximum absolute atomic E-state index is 5.60. The lowest BCUT2D eigenvalue weighted by Crippen LogP contribution is -2.27. The van der Waals surface area contributed by atoms with E-state index in [9.17, 15) is 0 Å². The molecule has 1 unspecified atom stereocenters. The molecule has 15 heavy (non-hydrogen) atoms. The number of amidine groups is 1. The first kappa shape index (κ1) is 8.77. The van der Waals surface area contributed by atoms with Gasteiger partial charge in [-0.25, -0.2) is 0 Å². The summed E-state index contributed by atoms with van der Waals surface area (Å²) in [7, 11) is 0. The van der Waals surface area contributed by atoms with E-state index in [-0.39, 0.29) is 6.04 Å². The van der Waals surface area contributed by atoms with Gasteiger partial charge in [-0.2, -0.15) is 0 Å². The molecular weight excluding hydrogens is 188 g/mol. The van der Waals surface area contributed by atoms with Crippen molar-refractivity contribution in [2.75, 3.05) is 13.2 Å². The topological polar surface area (TPSA) is 33.6 Å². The molecule has 0 aliphatic carbocycles. The normalized spacial score (nSPS) is 23.2. The van der Waals surface area contributed by atoms with Crippen LogP contribution in [0.15, 0.2) is 29.3 Å². The van der Waals surface area contributed by atoms with E-state index < -0.39 is 0 Å². The van der Waals surface area contributed by atoms with Gasteiger partial charge >= 0.3 is 0 Å². The Morgan fingerprint density at radius 3 is 3.13 bits per heavy atom. The van der Waals surface area contributed by atoms with Crippen molar-refractivity contribution >= 4 is 5.84 Å². The first-order chi connectivity index (χ1) is 7.43. The zero-order valence-electron chi connectivity index (χ0n) is 8.57. The molecule has 2 heterocycles. The predicted molar refractivity (Wildman–Crippen MR) is 59.3 cm³/mol. The van der Waals surface area contributed by atoms with Crippen LogP contribution in [0.5, 0.6) is 5.75 Å². The monoisotopic (exact) mass is 202 g/mol.